The Labute approximate surface area is 111 Å². The van der Waals surface area contributed by atoms with E-state index in [0.29, 0.717) is 18.2 Å². The lowest BCUT2D eigenvalue weighted by Gasteiger charge is -2.08. The third kappa shape index (κ3) is 3.52. The number of nitrogens with zero attached hydrogens (tertiary/aromatic N) is 1. The summed E-state index contributed by atoms with van der Waals surface area (Å²) in [6, 6.07) is 8.52. The van der Waals surface area contributed by atoms with E-state index in [1.165, 1.54) is 6.07 Å². The predicted molar refractivity (Wildman–Crippen MR) is 70.9 cm³/mol. The third-order valence-electron chi connectivity index (χ3n) is 2.74. The molecule has 4 heteroatoms. The fourth-order valence-corrected chi connectivity index (χ4v) is 1.82. The van der Waals surface area contributed by atoms with Crippen LogP contribution in [0.5, 0.6) is 0 Å². The Morgan fingerprint density at radius 1 is 1.22 bits per heavy atom. The zero-order valence-electron chi connectivity index (χ0n) is 10.1. The summed E-state index contributed by atoms with van der Waals surface area (Å²) in [5, 5.41) is 3.79. The second kappa shape index (κ2) is 5.94. The highest BCUT2D eigenvalue weighted by Gasteiger charge is 2.00. The molecule has 0 radical (unpaired) electrons. The molecule has 18 heavy (non-hydrogen) atoms. The molecule has 1 heterocycles. The number of nitrogens with one attached hydrogen (secondary N) is 1. The number of hydrogen-bond acceptors (Lipinski definition) is 2. The van der Waals surface area contributed by atoms with Gasteiger partial charge in [0.05, 0.1) is 0 Å². The lowest BCUT2D eigenvalue weighted by molar-refractivity contribution is 0.623. The van der Waals surface area contributed by atoms with Crippen LogP contribution in [0.25, 0.3) is 0 Å². The summed E-state index contributed by atoms with van der Waals surface area (Å²) >= 11 is 5.71. The number of halogens is 2. The van der Waals surface area contributed by atoms with E-state index in [1.54, 1.807) is 24.4 Å². The second-order valence-corrected chi connectivity index (χ2v) is 4.55. The van der Waals surface area contributed by atoms with Gasteiger partial charge in [0.15, 0.2) is 0 Å². The monoisotopic (exact) mass is 264 g/mol. The molecule has 0 aliphatic rings. The summed E-state index contributed by atoms with van der Waals surface area (Å²) in [7, 11) is 0. The van der Waals surface area contributed by atoms with Gasteiger partial charge in [0.25, 0.3) is 0 Å². The van der Waals surface area contributed by atoms with Crippen LogP contribution < -0.4 is 5.32 Å². The molecule has 0 fully saturated rings. The van der Waals surface area contributed by atoms with Crippen molar-refractivity contribution in [1.29, 1.82) is 0 Å². The molecule has 0 saturated heterocycles. The van der Waals surface area contributed by atoms with Crippen molar-refractivity contribution in [3.8, 4) is 0 Å². The van der Waals surface area contributed by atoms with Crippen LogP contribution in [-0.4, -0.2) is 4.98 Å². The van der Waals surface area contributed by atoms with E-state index in [1.807, 2.05) is 13.0 Å². The molecule has 0 unspecified atom stereocenters. The summed E-state index contributed by atoms with van der Waals surface area (Å²) in [6.07, 6.45) is 1.74. The van der Waals surface area contributed by atoms with E-state index in [9.17, 15) is 4.39 Å². The van der Waals surface area contributed by atoms with E-state index >= 15 is 0 Å². The number of rotatable bonds is 4. The zero-order valence-corrected chi connectivity index (χ0v) is 10.8. The molecule has 2 nitrogen and oxygen atoms in total. The van der Waals surface area contributed by atoms with Crippen molar-refractivity contribution in [2.75, 3.05) is 0 Å². The van der Waals surface area contributed by atoms with E-state index < -0.39 is 0 Å². The fourth-order valence-electron chi connectivity index (χ4n) is 1.71. The van der Waals surface area contributed by atoms with E-state index in [-0.39, 0.29) is 5.82 Å². The van der Waals surface area contributed by atoms with Gasteiger partial charge in [-0.25, -0.2) is 9.37 Å². The third-order valence-corrected chi connectivity index (χ3v) is 2.96. The topological polar surface area (TPSA) is 24.9 Å². The fraction of sp³-hybridized carbons (Fsp3) is 0.214. The molecule has 1 aromatic carbocycles. The van der Waals surface area contributed by atoms with Gasteiger partial charge < -0.3 is 5.32 Å². The van der Waals surface area contributed by atoms with Crippen LogP contribution in [0.15, 0.2) is 36.5 Å². The minimum Gasteiger partial charge on any atom is -0.309 e. The molecule has 0 spiro atoms. The maximum Gasteiger partial charge on any atom is 0.129 e. The SMILES string of the molecule is Cc1cc(F)ccc1CNCc1ccc(Cl)nc1. The van der Waals surface area contributed by atoms with Crippen LogP contribution in [0.4, 0.5) is 4.39 Å². The molecule has 1 N–H and O–H groups in total. The largest absolute Gasteiger partial charge is 0.309 e. The van der Waals surface area contributed by atoms with E-state index in [4.69, 9.17) is 11.6 Å². The van der Waals surface area contributed by atoms with Gasteiger partial charge in [-0.15, -0.1) is 0 Å². The Balaban J connectivity index is 1.90. The summed E-state index contributed by atoms with van der Waals surface area (Å²) in [5.74, 6) is -0.196. The first-order valence-electron chi connectivity index (χ1n) is 5.71. The highest BCUT2D eigenvalue weighted by atomic mass is 35.5. The second-order valence-electron chi connectivity index (χ2n) is 4.16. The quantitative estimate of drug-likeness (QED) is 0.856. The Morgan fingerprint density at radius 2 is 2.06 bits per heavy atom. The zero-order chi connectivity index (χ0) is 13.0. The van der Waals surface area contributed by atoms with Crippen LogP contribution in [0.1, 0.15) is 16.7 Å². The van der Waals surface area contributed by atoms with Crippen LogP contribution in [0.3, 0.4) is 0 Å². The molecule has 2 aromatic rings. The molecule has 94 valence electrons. The van der Waals surface area contributed by atoms with Gasteiger partial charge in [-0.1, -0.05) is 23.7 Å². The van der Waals surface area contributed by atoms with Crippen molar-refractivity contribution >= 4 is 11.6 Å². The lowest BCUT2D eigenvalue weighted by atomic mass is 10.1. The van der Waals surface area contributed by atoms with Gasteiger partial charge in [0.1, 0.15) is 11.0 Å². The van der Waals surface area contributed by atoms with Gasteiger partial charge in [-0.05, 0) is 41.8 Å². The number of benzene rings is 1. The molecular weight excluding hydrogens is 251 g/mol. The summed E-state index contributed by atoms with van der Waals surface area (Å²) < 4.78 is 12.9. The smallest absolute Gasteiger partial charge is 0.129 e. The summed E-state index contributed by atoms with van der Waals surface area (Å²) in [4.78, 5) is 4.01. The number of aryl methyl sites for hydroxylation is 1. The van der Waals surface area contributed by atoms with Crippen LogP contribution in [0, 0.1) is 12.7 Å². The van der Waals surface area contributed by atoms with E-state index in [2.05, 4.69) is 10.3 Å². The summed E-state index contributed by atoms with van der Waals surface area (Å²) in [6.45, 7) is 3.32. The first kappa shape index (κ1) is 13.0. The highest BCUT2D eigenvalue weighted by molar-refractivity contribution is 6.29. The Morgan fingerprint density at radius 3 is 2.72 bits per heavy atom. The molecule has 0 aliphatic heterocycles. The predicted octanol–water partition coefficient (Wildman–Crippen LogP) is 3.47. The minimum atomic E-state index is -0.196. The maximum absolute atomic E-state index is 12.9. The van der Waals surface area contributed by atoms with Crippen LogP contribution >= 0.6 is 11.6 Å². The van der Waals surface area contributed by atoms with E-state index in [0.717, 1.165) is 16.7 Å². The van der Waals surface area contributed by atoms with Gasteiger partial charge in [0.2, 0.25) is 0 Å². The van der Waals surface area contributed by atoms with Crippen molar-refractivity contribution in [2.45, 2.75) is 20.0 Å². The first-order chi connectivity index (χ1) is 8.65. The molecular formula is C14H14ClFN2. The van der Waals surface area contributed by atoms with Crippen molar-refractivity contribution in [1.82, 2.24) is 10.3 Å². The van der Waals surface area contributed by atoms with Crippen molar-refractivity contribution in [3.05, 3.63) is 64.2 Å². The van der Waals surface area contributed by atoms with Crippen molar-refractivity contribution in [3.63, 3.8) is 0 Å². The standard InChI is InChI=1S/C14H14ClFN2/c1-10-6-13(16)4-3-12(10)9-17-7-11-2-5-14(15)18-8-11/h2-6,8,17H,7,9H2,1H3. The normalized spacial score (nSPS) is 10.6. The first-order valence-corrected chi connectivity index (χ1v) is 6.09. The van der Waals surface area contributed by atoms with Crippen LogP contribution in [-0.2, 0) is 13.1 Å². The van der Waals surface area contributed by atoms with Gasteiger partial charge in [-0.2, -0.15) is 0 Å². The number of aromatic nitrogens is 1. The lowest BCUT2D eigenvalue weighted by Crippen LogP contribution is -2.13. The van der Waals surface area contributed by atoms with Gasteiger partial charge >= 0.3 is 0 Å². The Kier molecular flexibility index (Phi) is 4.28. The molecule has 2 rings (SSSR count). The molecule has 0 amide bonds. The highest BCUT2D eigenvalue weighted by Crippen LogP contribution is 2.10. The Hall–Kier alpha value is -1.45. The molecule has 1 aromatic heterocycles. The molecule has 0 saturated carbocycles. The minimum absolute atomic E-state index is 0.196. The molecule has 0 bridgehead atoms. The molecule has 0 aliphatic carbocycles. The average molecular weight is 265 g/mol. The maximum atomic E-state index is 12.9. The molecule has 0 atom stereocenters. The summed E-state index contributed by atoms with van der Waals surface area (Å²) in [5.41, 5.74) is 3.12. The van der Waals surface area contributed by atoms with Crippen LogP contribution in [0.2, 0.25) is 5.15 Å². The Bertz CT molecular complexity index is 526. The van der Waals surface area contributed by atoms with Gasteiger partial charge in [-0.3, -0.25) is 0 Å². The van der Waals surface area contributed by atoms with Crippen molar-refractivity contribution < 1.29 is 4.39 Å². The number of hydrogen-bond donors (Lipinski definition) is 1. The van der Waals surface area contributed by atoms with Gasteiger partial charge in [0, 0.05) is 19.3 Å². The average Bonchev–Trinajstić information content (AvgIpc) is 2.34. The number of pyridine rings is 1. The van der Waals surface area contributed by atoms with Crippen molar-refractivity contribution in [2.24, 2.45) is 0 Å².